The van der Waals surface area contributed by atoms with Crippen molar-refractivity contribution in [1.82, 2.24) is 14.1 Å². The Morgan fingerprint density at radius 1 is 0.562 bits per heavy atom. The molecule has 0 N–H and O–H groups in total. The van der Waals surface area contributed by atoms with Gasteiger partial charge in [0, 0.05) is 39.8 Å². The van der Waals surface area contributed by atoms with E-state index in [0.717, 1.165) is 55.4 Å². The zero-order valence-corrected chi connectivity index (χ0v) is 25.7. The van der Waals surface area contributed by atoms with Crippen molar-refractivity contribution >= 4 is 49.3 Å². The molecule has 0 bridgehead atoms. The average molecular weight is 612 g/mol. The number of para-hydroxylation sites is 2. The van der Waals surface area contributed by atoms with Crippen molar-refractivity contribution < 1.29 is 0 Å². The van der Waals surface area contributed by atoms with E-state index in [9.17, 15) is 5.26 Å². The van der Waals surface area contributed by atoms with Crippen LogP contribution < -0.4 is 0 Å². The van der Waals surface area contributed by atoms with E-state index < -0.39 is 0 Å². The van der Waals surface area contributed by atoms with Crippen LogP contribution in [0.15, 0.2) is 152 Å². The summed E-state index contributed by atoms with van der Waals surface area (Å²) in [5.74, 6) is 0. The quantitative estimate of drug-likeness (QED) is 0.186. The summed E-state index contributed by atoms with van der Waals surface area (Å²) in [7, 11) is 0. The van der Waals surface area contributed by atoms with Gasteiger partial charge in [-0.05, 0) is 82.7 Å². The molecule has 0 aliphatic carbocycles. The largest absolute Gasteiger partial charge is 0.309 e. The first-order chi connectivity index (χ1) is 23.7. The Kier molecular flexibility index (Phi) is 6.18. The molecule has 0 unspecified atom stereocenters. The Balaban J connectivity index is 1.24. The zero-order valence-electron chi connectivity index (χ0n) is 25.7. The summed E-state index contributed by atoms with van der Waals surface area (Å²) in [6.07, 6.45) is 3.65. The second-order valence-electron chi connectivity index (χ2n) is 11.8. The highest BCUT2D eigenvalue weighted by molar-refractivity contribution is 6.11. The van der Waals surface area contributed by atoms with Gasteiger partial charge in [0.05, 0.1) is 46.0 Å². The molecule has 222 valence electrons. The molecule has 0 aliphatic rings. The Bertz CT molecular complexity index is 2750. The van der Waals surface area contributed by atoms with Crippen molar-refractivity contribution in [3.63, 3.8) is 0 Å². The van der Waals surface area contributed by atoms with Gasteiger partial charge in [-0.25, -0.2) is 4.85 Å². The molecule has 5 nitrogen and oxygen atoms in total. The Hall–Kier alpha value is -6.95. The number of nitrogens with zero attached hydrogens (tertiary/aromatic N) is 5. The van der Waals surface area contributed by atoms with Gasteiger partial charge < -0.3 is 9.13 Å². The molecular formula is C43H25N5. The third-order valence-electron chi connectivity index (χ3n) is 9.28. The second-order valence-corrected chi connectivity index (χ2v) is 11.8. The van der Waals surface area contributed by atoms with Crippen LogP contribution in [0.2, 0.25) is 0 Å². The molecule has 3 aromatic heterocycles. The van der Waals surface area contributed by atoms with Gasteiger partial charge in [0.15, 0.2) is 5.69 Å². The highest BCUT2D eigenvalue weighted by atomic mass is 15.0. The second kappa shape index (κ2) is 10.8. The van der Waals surface area contributed by atoms with E-state index in [4.69, 9.17) is 6.57 Å². The van der Waals surface area contributed by atoms with Crippen LogP contribution in [0.5, 0.6) is 0 Å². The fraction of sp³-hybridized carbons (Fsp3) is 0. The number of pyridine rings is 1. The summed E-state index contributed by atoms with van der Waals surface area (Å²) in [6, 6.07) is 50.2. The maximum absolute atomic E-state index is 9.99. The molecule has 0 atom stereocenters. The minimum Gasteiger partial charge on any atom is -0.309 e. The van der Waals surface area contributed by atoms with Crippen molar-refractivity contribution in [2.75, 3.05) is 0 Å². The third kappa shape index (κ3) is 4.13. The predicted molar refractivity (Wildman–Crippen MR) is 195 cm³/mol. The van der Waals surface area contributed by atoms with E-state index in [1.807, 2.05) is 54.7 Å². The fourth-order valence-corrected chi connectivity index (χ4v) is 7.16. The number of hydrogen-bond acceptors (Lipinski definition) is 2. The molecule has 6 aromatic carbocycles. The average Bonchev–Trinajstić information content (AvgIpc) is 3.67. The molecule has 5 heteroatoms. The van der Waals surface area contributed by atoms with E-state index in [2.05, 4.69) is 116 Å². The van der Waals surface area contributed by atoms with E-state index in [1.54, 1.807) is 6.20 Å². The molecule has 48 heavy (non-hydrogen) atoms. The molecule has 0 aliphatic heterocycles. The number of rotatable bonds is 4. The van der Waals surface area contributed by atoms with Crippen LogP contribution in [0.4, 0.5) is 5.69 Å². The molecule has 0 fully saturated rings. The van der Waals surface area contributed by atoms with Crippen molar-refractivity contribution in [1.29, 1.82) is 5.26 Å². The van der Waals surface area contributed by atoms with E-state index in [0.29, 0.717) is 11.3 Å². The van der Waals surface area contributed by atoms with Gasteiger partial charge >= 0.3 is 0 Å². The number of fused-ring (bicyclic) bond motifs is 6. The molecular weight excluding hydrogens is 587 g/mol. The molecule has 0 radical (unpaired) electrons. The lowest BCUT2D eigenvalue weighted by Crippen LogP contribution is -1.99. The lowest BCUT2D eigenvalue weighted by molar-refractivity contribution is 1.17. The zero-order chi connectivity index (χ0) is 32.2. The van der Waals surface area contributed by atoms with E-state index in [-0.39, 0.29) is 0 Å². The summed E-state index contributed by atoms with van der Waals surface area (Å²) >= 11 is 0. The topological polar surface area (TPSA) is 50.9 Å². The van der Waals surface area contributed by atoms with Crippen LogP contribution in [0.3, 0.4) is 0 Å². The van der Waals surface area contributed by atoms with Crippen LogP contribution in [0.1, 0.15) is 5.56 Å². The van der Waals surface area contributed by atoms with E-state index in [1.165, 1.54) is 21.8 Å². The van der Waals surface area contributed by atoms with Gasteiger partial charge in [0.25, 0.3) is 0 Å². The van der Waals surface area contributed by atoms with Gasteiger partial charge in [-0.2, -0.15) is 5.26 Å². The minimum atomic E-state index is 0.583. The Morgan fingerprint density at radius 3 is 1.96 bits per heavy atom. The van der Waals surface area contributed by atoms with Gasteiger partial charge in [-0.3, -0.25) is 4.98 Å². The number of benzene rings is 6. The van der Waals surface area contributed by atoms with Crippen LogP contribution in [0.25, 0.3) is 82.1 Å². The summed E-state index contributed by atoms with van der Waals surface area (Å²) in [4.78, 5) is 8.09. The molecule has 3 heterocycles. The summed E-state index contributed by atoms with van der Waals surface area (Å²) in [5.41, 5.74) is 11.6. The molecule has 0 amide bonds. The lowest BCUT2D eigenvalue weighted by atomic mass is 9.92. The highest BCUT2D eigenvalue weighted by Gasteiger charge is 2.19. The number of aromatic nitrogens is 3. The molecule has 9 aromatic rings. The SMILES string of the molecule is [C-]#[N+]c1ccc2c(c1)c1cnccc1n2-c1ccc(C#N)cc1-c1ccccc1-c1ccc(-n2c3ccccc3c3ccccc32)cc1. The minimum absolute atomic E-state index is 0.583. The van der Waals surface area contributed by atoms with Crippen molar-refractivity contribution in [2.24, 2.45) is 0 Å². The van der Waals surface area contributed by atoms with Crippen LogP contribution in [-0.2, 0) is 0 Å². The highest BCUT2D eigenvalue weighted by Crippen LogP contribution is 2.41. The number of nitriles is 1. The smallest absolute Gasteiger partial charge is 0.188 e. The van der Waals surface area contributed by atoms with Crippen molar-refractivity contribution in [3.8, 4) is 39.7 Å². The summed E-state index contributed by atoms with van der Waals surface area (Å²) in [5, 5.41) is 14.4. The summed E-state index contributed by atoms with van der Waals surface area (Å²) in [6.45, 7) is 7.59. The van der Waals surface area contributed by atoms with Crippen LogP contribution in [0, 0.1) is 17.9 Å². The third-order valence-corrected chi connectivity index (χ3v) is 9.28. The summed E-state index contributed by atoms with van der Waals surface area (Å²) < 4.78 is 4.55. The first kappa shape index (κ1) is 27.4. The van der Waals surface area contributed by atoms with Crippen molar-refractivity contribution in [3.05, 3.63) is 169 Å². The lowest BCUT2D eigenvalue weighted by Gasteiger charge is -2.18. The molecule has 0 spiro atoms. The maximum atomic E-state index is 9.99. The van der Waals surface area contributed by atoms with Gasteiger partial charge in [0.1, 0.15) is 0 Å². The van der Waals surface area contributed by atoms with Gasteiger partial charge in [-0.15, -0.1) is 0 Å². The van der Waals surface area contributed by atoms with Crippen LogP contribution >= 0.6 is 0 Å². The van der Waals surface area contributed by atoms with Crippen LogP contribution in [-0.4, -0.2) is 14.1 Å². The predicted octanol–water partition coefficient (Wildman–Crippen LogP) is 11.0. The Morgan fingerprint density at radius 2 is 1.23 bits per heavy atom. The first-order valence-corrected chi connectivity index (χ1v) is 15.7. The monoisotopic (exact) mass is 611 g/mol. The standard InChI is InChI=1S/C43H25N5/c1-45-30-17-21-42-37(25-30)38-27-46-23-22-43(38)48(42)41-20-14-28(26-44)24-36(41)33-9-3-2-8-32(33)29-15-18-31(19-16-29)47-39-12-6-4-10-34(39)35-11-5-7-13-40(35)47/h2-25,27H. The maximum Gasteiger partial charge on any atom is 0.188 e. The normalized spacial score (nSPS) is 11.3. The van der Waals surface area contributed by atoms with Crippen molar-refractivity contribution in [2.45, 2.75) is 0 Å². The van der Waals surface area contributed by atoms with Gasteiger partial charge in [0.2, 0.25) is 0 Å². The fourth-order valence-electron chi connectivity index (χ4n) is 7.16. The van der Waals surface area contributed by atoms with Gasteiger partial charge in [-0.1, -0.05) is 78.9 Å². The molecule has 0 saturated heterocycles. The molecule has 9 rings (SSSR count). The first-order valence-electron chi connectivity index (χ1n) is 15.7. The number of hydrogen-bond donors (Lipinski definition) is 0. The van der Waals surface area contributed by atoms with E-state index >= 15 is 0 Å². The molecule has 0 saturated carbocycles. The Labute approximate surface area is 276 Å².